The molecule has 0 spiro atoms. The summed E-state index contributed by atoms with van der Waals surface area (Å²) < 4.78 is 5.06. The van der Waals surface area contributed by atoms with Gasteiger partial charge >= 0.3 is 0 Å². The summed E-state index contributed by atoms with van der Waals surface area (Å²) in [7, 11) is 0. The highest BCUT2D eigenvalue weighted by Crippen LogP contribution is 2.17. The molecule has 0 aromatic carbocycles. The van der Waals surface area contributed by atoms with Crippen molar-refractivity contribution in [3.05, 3.63) is 0 Å². The zero-order chi connectivity index (χ0) is 7.56. The number of carbonyl (C=O) groups excluding carboxylic acids is 1. The lowest BCUT2D eigenvalue weighted by molar-refractivity contribution is -0.119. The third-order valence-corrected chi connectivity index (χ3v) is 2.62. The van der Waals surface area contributed by atoms with E-state index in [1.165, 1.54) is 0 Å². The summed E-state index contributed by atoms with van der Waals surface area (Å²) in [6, 6.07) is 0. The molecular formula is C6H10INO2. The first-order valence-electron chi connectivity index (χ1n) is 3.28. The van der Waals surface area contributed by atoms with Crippen LogP contribution in [0.1, 0.15) is 13.3 Å². The van der Waals surface area contributed by atoms with Gasteiger partial charge in [0.2, 0.25) is 5.91 Å². The van der Waals surface area contributed by atoms with Gasteiger partial charge < -0.3 is 8.38 Å². The molecule has 0 saturated carbocycles. The fourth-order valence-electron chi connectivity index (χ4n) is 1.03. The molecule has 1 aliphatic heterocycles. The number of rotatable bonds is 2. The van der Waals surface area contributed by atoms with Crippen LogP contribution in [0.15, 0.2) is 0 Å². The van der Waals surface area contributed by atoms with Crippen LogP contribution in [-0.4, -0.2) is 18.6 Å². The number of hydrogen-bond donors (Lipinski definition) is 1. The minimum Gasteiger partial charge on any atom is -0.356 e. The number of hydrogen-bond acceptors (Lipinski definition) is 2. The molecule has 1 aliphatic rings. The molecule has 0 aromatic heterocycles. The first kappa shape index (κ1) is 8.26. The molecule has 1 N–H and O–H groups in total. The lowest BCUT2D eigenvalue weighted by Gasteiger charge is -2.12. The molecule has 1 heterocycles. The third kappa shape index (κ3) is 1.82. The van der Waals surface area contributed by atoms with E-state index >= 15 is 0 Å². The summed E-state index contributed by atoms with van der Waals surface area (Å²) in [6.07, 6.45) is 0.795. The van der Waals surface area contributed by atoms with Crippen molar-refractivity contribution < 1.29 is 7.86 Å². The molecule has 3 nitrogen and oxygen atoms in total. The SMILES string of the molecule is CC(OI)[C@H]1CNC(=O)C1. The Hall–Kier alpha value is 0.160. The van der Waals surface area contributed by atoms with Gasteiger partial charge in [-0.05, 0) is 6.92 Å². The Bertz CT molecular complexity index is 140. The molecule has 1 rings (SSSR count). The highest BCUT2D eigenvalue weighted by Gasteiger charge is 2.26. The quantitative estimate of drug-likeness (QED) is 0.744. The topological polar surface area (TPSA) is 38.3 Å². The Morgan fingerprint density at radius 3 is 3.00 bits per heavy atom. The van der Waals surface area contributed by atoms with E-state index < -0.39 is 0 Å². The van der Waals surface area contributed by atoms with Crippen molar-refractivity contribution >= 4 is 28.9 Å². The smallest absolute Gasteiger partial charge is 0.220 e. The molecule has 0 aliphatic carbocycles. The number of amides is 1. The van der Waals surface area contributed by atoms with Crippen LogP contribution in [0.5, 0.6) is 0 Å². The second-order valence-corrected chi connectivity index (χ2v) is 3.07. The van der Waals surface area contributed by atoms with Crippen LogP contribution in [0.25, 0.3) is 0 Å². The summed E-state index contributed by atoms with van der Waals surface area (Å²) >= 11 is 1.87. The third-order valence-electron chi connectivity index (χ3n) is 1.81. The maximum Gasteiger partial charge on any atom is 0.220 e. The molecule has 0 aromatic rings. The molecule has 1 unspecified atom stereocenters. The van der Waals surface area contributed by atoms with Crippen LogP contribution in [-0.2, 0) is 7.86 Å². The van der Waals surface area contributed by atoms with E-state index in [4.69, 9.17) is 3.07 Å². The number of carbonyl (C=O) groups is 1. The van der Waals surface area contributed by atoms with Crippen molar-refractivity contribution in [1.29, 1.82) is 0 Å². The van der Waals surface area contributed by atoms with Crippen molar-refractivity contribution in [1.82, 2.24) is 5.32 Å². The number of halogens is 1. The van der Waals surface area contributed by atoms with E-state index in [-0.39, 0.29) is 12.0 Å². The van der Waals surface area contributed by atoms with Crippen molar-refractivity contribution in [2.75, 3.05) is 6.54 Å². The first-order valence-corrected chi connectivity index (χ1v) is 4.16. The summed E-state index contributed by atoms with van der Waals surface area (Å²) in [4.78, 5) is 10.7. The summed E-state index contributed by atoms with van der Waals surface area (Å²) in [5, 5.41) is 2.76. The van der Waals surface area contributed by atoms with Crippen LogP contribution in [0.2, 0.25) is 0 Å². The van der Waals surface area contributed by atoms with Crippen molar-refractivity contribution in [2.24, 2.45) is 5.92 Å². The second kappa shape index (κ2) is 3.52. The van der Waals surface area contributed by atoms with Gasteiger partial charge in [-0.25, -0.2) is 0 Å². The van der Waals surface area contributed by atoms with Crippen LogP contribution in [0, 0.1) is 5.92 Å². The Kier molecular flexibility index (Phi) is 2.91. The zero-order valence-electron chi connectivity index (χ0n) is 5.76. The van der Waals surface area contributed by atoms with Gasteiger partial charge in [-0.2, -0.15) is 0 Å². The standard InChI is InChI=1S/C6H10INO2/c1-4(10-7)5-2-6(9)8-3-5/h4-5H,2-3H2,1H3,(H,8,9)/t4?,5-/m1/s1. The molecule has 1 fully saturated rings. The molecule has 0 radical (unpaired) electrons. The van der Waals surface area contributed by atoms with Gasteiger partial charge in [-0.15, -0.1) is 0 Å². The fourth-order valence-corrected chi connectivity index (χ4v) is 1.45. The Morgan fingerprint density at radius 2 is 2.60 bits per heavy atom. The predicted molar refractivity (Wildman–Crippen MR) is 45.7 cm³/mol. The van der Waals surface area contributed by atoms with Crippen molar-refractivity contribution in [3.8, 4) is 0 Å². The molecule has 4 heteroatoms. The Morgan fingerprint density at radius 1 is 1.90 bits per heavy atom. The lowest BCUT2D eigenvalue weighted by Crippen LogP contribution is -2.20. The molecular weight excluding hydrogens is 245 g/mol. The fraction of sp³-hybridized carbons (Fsp3) is 0.833. The van der Waals surface area contributed by atoms with E-state index in [0.717, 1.165) is 6.54 Å². The normalized spacial score (nSPS) is 28.2. The Labute approximate surface area is 74.2 Å². The van der Waals surface area contributed by atoms with Gasteiger partial charge in [0, 0.05) is 18.9 Å². The summed E-state index contributed by atoms with van der Waals surface area (Å²) in [5.74, 6) is 0.509. The minimum absolute atomic E-state index is 0.144. The van der Waals surface area contributed by atoms with Crippen molar-refractivity contribution in [2.45, 2.75) is 19.4 Å². The molecule has 10 heavy (non-hydrogen) atoms. The van der Waals surface area contributed by atoms with E-state index in [2.05, 4.69) is 5.32 Å². The molecule has 0 bridgehead atoms. The van der Waals surface area contributed by atoms with Gasteiger partial charge in [0.1, 0.15) is 23.0 Å². The maximum atomic E-state index is 10.7. The minimum atomic E-state index is 0.144. The van der Waals surface area contributed by atoms with Crippen LogP contribution in [0.3, 0.4) is 0 Å². The molecule has 1 amide bonds. The summed E-state index contributed by atoms with van der Waals surface area (Å²) in [5.41, 5.74) is 0. The van der Waals surface area contributed by atoms with E-state index in [1.54, 1.807) is 0 Å². The second-order valence-electron chi connectivity index (χ2n) is 2.56. The monoisotopic (exact) mass is 255 g/mol. The Balaban J connectivity index is 2.36. The van der Waals surface area contributed by atoms with E-state index in [0.29, 0.717) is 12.3 Å². The van der Waals surface area contributed by atoms with Gasteiger partial charge in [0.15, 0.2) is 0 Å². The van der Waals surface area contributed by atoms with Gasteiger partial charge in [0.25, 0.3) is 0 Å². The molecule has 58 valence electrons. The number of nitrogens with one attached hydrogen (secondary N) is 1. The maximum absolute atomic E-state index is 10.7. The van der Waals surface area contributed by atoms with Gasteiger partial charge in [-0.3, -0.25) is 4.79 Å². The van der Waals surface area contributed by atoms with Crippen LogP contribution in [0.4, 0.5) is 0 Å². The zero-order valence-corrected chi connectivity index (χ0v) is 7.92. The van der Waals surface area contributed by atoms with Gasteiger partial charge in [-0.1, -0.05) is 0 Å². The van der Waals surface area contributed by atoms with Crippen LogP contribution < -0.4 is 5.32 Å². The van der Waals surface area contributed by atoms with Gasteiger partial charge in [0.05, 0.1) is 6.10 Å². The molecule has 2 atom stereocenters. The predicted octanol–water partition coefficient (Wildman–Crippen LogP) is 0.878. The highest BCUT2D eigenvalue weighted by atomic mass is 127. The van der Waals surface area contributed by atoms with E-state index in [9.17, 15) is 4.79 Å². The highest BCUT2D eigenvalue weighted by molar-refractivity contribution is 14.1. The van der Waals surface area contributed by atoms with Crippen LogP contribution >= 0.6 is 23.0 Å². The van der Waals surface area contributed by atoms with Crippen molar-refractivity contribution in [3.63, 3.8) is 0 Å². The first-order chi connectivity index (χ1) is 4.74. The summed E-state index contributed by atoms with van der Waals surface area (Å²) in [6.45, 7) is 2.75. The largest absolute Gasteiger partial charge is 0.356 e. The average Bonchev–Trinajstić information content (AvgIpc) is 2.34. The lowest BCUT2D eigenvalue weighted by atomic mass is 10.0. The average molecular weight is 255 g/mol. The molecule has 1 saturated heterocycles. The van der Waals surface area contributed by atoms with E-state index in [1.807, 2.05) is 29.9 Å².